The monoisotopic (exact) mass is 466 g/mol. The predicted octanol–water partition coefficient (Wildman–Crippen LogP) is 2.96. The molecule has 172 valence electrons. The van der Waals surface area contributed by atoms with Gasteiger partial charge in [-0.2, -0.15) is 0 Å². The maximum Gasteiger partial charge on any atom is 0.233 e. The Kier molecular flexibility index (Phi) is 6.28. The van der Waals surface area contributed by atoms with Crippen LogP contribution >= 0.6 is 11.6 Å². The van der Waals surface area contributed by atoms with Gasteiger partial charge in [-0.3, -0.25) is 9.36 Å². The average molecular weight is 467 g/mol. The van der Waals surface area contributed by atoms with E-state index in [0.717, 1.165) is 48.6 Å². The van der Waals surface area contributed by atoms with Gasteiger partial charge in [0.05, 0.1) is 12.2 Å². The number of hydrogen-bond acceptors (Lipinski definition) is 6. The fraction of sp³-hybridized carbons (Fsp3) is 0.417. The van der Waals surface area contributed by atoms with Crippen LogP contribution in [0.15, 0.2) is 42.6 Å². The smallest absolute Gasteiger partial charge is 0.233 e. The Hall–Kier alpha value is -2.97. The summed E-state index contributed by atoms with van der Waals surface area (Å²) in [5, 5.41) is 12.8. The van der Waals surface area contributed by atoms with Gasteiger partial charge in [0, 0.05) is 35.7 Å². The average Bonchev–Trinajstić information content (AvgIpc) is 3.17. The maximum atomic E-state index is 12.0. The van der Waals surface area contributed by atoms with E-state index in [0.29, 0.717) is 23.7 Å². The molecule has 8 nitrogen and oxygen atoms in total. The van der Waals surface area contributed by atoms with Gasteiger partial charge in [-0.15, -0.1) is 10.2 Å². The lowest BCUT2D eigenvalue weighted by atomic mass is 9.86. The molecule has 2 aliphatic rings. The zero-order valence-corrected chi connectivity index (χ0v) is 19.0. The summed E-state index contributed by atoms with van der Waals surface area (Å²) in [6.07, 6.45) is 6.96. The van der Waals surface area contributed by atoms with Gasteiger partial charge in [-0.25, -0.2) is 4.98 Å². The third kappa shape index (κ3) is 4.72. The molecular weight excluding hydrogens is 440 g/mol. The molecule has 3 N–H and O–H groups in total. The Morgan fingerprint density at radius 2 is 2.00 bits per heavy atom. The first-order valence-corrected chi connectivity index (χ1v) is 11.8. The van der Waals surface area contributed by atoms with Crippen LogP contribution < -0.4 is 15.8 Å². The second-order valence-electron chi connectivity index (χ2n) is 8.72. The molecule has 1 atom stereocenters. The molecule has 0 spiro atoms. The van der Waals surface area contributed by atoms with Gasteiger partial charge in [0.25, 0.3) is 0 Å². The highest BCUT2D eigenvalue weighted by atomic mass is 35.5. The third-order valence-electron chi connectivity index (χ3n) is 6.45. The Labute approximate surface area is 197 Å². The van der Waals surface area contributed by atoms with E-state index in [1.807, 2.05) is 36.4 Å². The molecule has 2 aromatic heterocycles. The van der Waals surface area contributed by atoms with Crippen LogP contribution in [-0.2, 0) is 17.6 Å². The number of nitrogens with two attached hydrogens (primary N) is 1. The van der Waals surface area contributed by atoms with E-state index in [1.165, 1.54) is 0 Å². The van der Waals surface area contributed by atoms with Crippen LogP contribution in [0.5, 0.6) is 5.88 Å². The molecule has 0 saturated heterocycles. The van der Waals surface area contributed by atoms with Crippen molar-refractivity contribution >= 4 is 17.5 Å². The molecular formula is C24H27ClN6O2. The molecule has 33 heavy (non-hydrogen) atoms. The van der Waals surface area contributed by atoms with Gasteiger partial charge >= 0.3 is 0 Å². The van der Waals surface area contributed by atoms with Gasteiger partial charge in [-0.05, 0) is 61.9 Å². The predicted molar refractivity (Wildman–Crippen MR) is 125 cm³/mol. The number of aromatic nitrogens is 4. The van der Waals surface area contributed by atoms with Crippen molar-refractivity contribution in [3.8, 4) is 11.6 Å². The summed E-state index contributed by atoms with van der Waals surface area (Å²) in [5.41, 5.74) is 7.62. The fourth-order valence-corrected chi connectivity index (χ4v) is 5.09. The summed E-state index contributed by atoms with van der Waals surface area (Å²) in [6, 6.07) is 11.5. The summed E-state index contributed by atoms with van der Waals surface area (Å²) in [5.74, 6) is 2.60. The first kappa shape index (κ1) is 21.9. The van der Waals surface area contributed by atoms with Gasteiger partial charge < -0.3 is 15.8 Å². The van der Waals surface area contributed by atoms with E-state index in [1.54, 1.807) is 6.20 Å². The van der Waals surface area contributed by atoms with Crippen LogP contribution in [-0.4, -0.2) is 44.3 Å². The molecule has 1 fully saturated rings. The van der Waals surface area contributed by atoms with E-state index in [4.69, 9.17) is 22.1 Å². The quantitative estimate of drug-likeness (QED) is 0.598. The molecule has 0 unspecified atom stereocenters. The minimum atomic E-state index is -0.178. The van der Waals surface area contributed by atoms with Crippen molar-refractivity contribution in [2.75, 3.05) is 6.54 Å². The summed E-state index contributed by atoms with van der Waals surface area (Å²) in [6.45, 7) is -0.0410. The Bertz CT molecular complexity index is 1130. The van der Waals surface area contributed by atoms with Crippen LogP contribution in [0.25, 0.3) is 5.69 Å². The fourth-order valence-electron chi connectivity index (χ4n) is 4.90. The number of nitrogens with zero attached hydrogens (tertiary/aromatic N) is 4. The van der Waals surface area contributed by atoms with E-state index in [9.17, 15) is 4.79 Å². The number of rotatable bonds is 5. The SMILES string of the molecule is NCC(=O)N[C@@H]1Cc2cc(Cl)ccc2-n2c(nnc2C2CCC(Oc3ccccn3)CC2)C1. The lowest BCUT2D eigenvalue weighted by molar-refractivity contribution is -0.120. The minimum absolute atomic E-state index is 0.0410. The topological polar surface area (TPSA) is 108 Å². The van der Waals surface area contributed by atoms with Crippen molar-refractivity contribution in [1.82, 2.24) is 25.1 Å². The van der Waals surface area contributed by atoms with Crippen LogP contribution in [0, 0.1) is 0 Å². The summed E-state index contributed by atoms with van der Waals surface area (Å²) < 4.78 is 8.24. The summed E-state index contributed by atoms with van der Waals surface area (Å²) >= 11 is 6.32. The first-order valence-electron chi connectivity index (χ1n) is 11.4. The molecule has 1 aliphatic carbocycles. The van der Waals surface area contributed by atoms with Gasteiger partial charge in [0.1, 0.15) is 17.8 Å². The standard InChI is InChI=1S/C24H27ClN6O2/c25-17-6-9-20-16(11-17)12-18(28-22(32)14-26)13-21-29-30-24(31(20)21)15-4-7-19(8-5-15)33-23-3-1-2-10-27-23/h1-3,6,9-11,15,18-19H,4-5,7-8,12-14,26H2,(H,28,32)/t15?,18-,19?/m1/s1. The largest absolute Gasteiger partial charge is 0.474 e. The normalized spacial score (nSPS) is 22.1. The van der Waals surface area contributed by atoms with E-state index < -0.39 is 0 Å². The van der Waals surface area contributed by atoms with Gasteiger partial charge in [-0.1, -0.05) is 17.7 Å². The molecule has 3 heterocycles. The molecule has 9 heteroatoms. The molecule has 0 bridgehead atoms. The minimum Gasteiger partial charge on any atom is -0.474 e. The van der Waals surface area contributed by atoms with Gasteiger partial charge in [0.15, 0.2) is 0 Å². The van der Waals surface area contributed by atoms with Crippen molar-refractivity contribution in [2.45, 2.75) is 56.6 Å². The number of amides is 1. The molecule has 1 aliphatic heterocycles. The molecule has 1 saturated carbocycles. The molecule has 1 amide bonds. The third-order valence-corrected chi connectivity index (χ3v) is 6.68. The number of nitrogens with one attached hydrogen (secondary N) is 1. The number of fused-ring (bicyclic) bond motifs is 3. The maximum absolute atomic E-state index is 12.0. The van der Waals surface area contributed by atoms with Crippen molar-refractivity contribution < 1.29 is 9.53 Å². The van der Waals surface area contributed by atoms with Crippen molar-refractivity contribution in [2.24, 2.45) is 5.73 Å². The summed E-state index contributed by atoms with van der Waals surface area (Å²) in [4.78, 5) is 16.3. The highest BCUT2D eigenvalue weighted by Crippen LogP contribution is 2.37. The van der Waals surface area contributed by atoms with Gasteiger partial charge in [0.2, 0.25) is 11.8 Å². The molecule has 5 rings (SSSR count). The van der Waals surface area contributed by atoms with E-state index >= 15 is 0 Å². The van der Waals surface area contributed by atoms with Crippen LogP contribution in [0.3, 0.4) is 0 Å². The highest BCUT2D eigenvalue weighted by Gasteiger charge is 2.32. The van der Waals surface area contributed by atoms with Crippen LogP contribution in [0.2, 0.25) is 5.02 Å². The molecule has 0 radical (unpaired) electrons. The van der Waals surface area contributed by atoms with Crippen molar-refractivity contribution in [3.05, 3.63) is 64.8 Å². The lowest BCUT2D eigenvalue weighted by Gasteiger charge is -2.28. The number of halogens is 1. The number of benzene rings is 1. The number of carbonyl (C=O) groups is 1. The Morgan fingerprint density at radius 3 is 2.76 bits per heavy atom. The van der Waals surface area contributed by atoms with E-state index in [2.05, 4.69) is 25.1 Å². The van der Waals surface area contributed by atoms with Crippen LogP contribution in [0.1, 0.15) is 48.8 Å². The highest BCUT2D eigenvalue weighted by molar-refractivity contribution is 6.30. The summed E-state index contributed by atoms with van der Waals surface area (Å²) in [7, 11) is 0. The Balaban J connectivity index is 1.39. The van der Waals surface area contributed by atoms with Crippen molar-refractivity contribution in [1.29, 1.82) is 0 Å². The van der Waals surface area contributed by atoms with Crippen LogP contribution in [0.4, 0.5) is 0 Å². The second-order valence-corrected chi connectivity index (χ2v) is 9.16. The van der Waals surface area contributed by atoms with E-state index in [-0.39, 0.29) is 30.5 Å². The number of carbonyl (C=O) groups excluding carboxylic acids is 1. The first-order chi connectivity index (χ1) is 16.1. The number of pyridine rings is 1. The zero-order chi connectivity index (χ0) is 22.8. The second kappa shape index (κ2) is 9.49. The Morgan fingerprint density at radius 1 is 1.15 bits per heavy atom. The van der Waals surface area contributed by atoms with Crippen molar-refractivity contribution in [3.63, 3.8) is 0 Å². The number of hydrogen-bond donors (Lipinski definition) is 2. The molecule has 1 aromatic carbocycles. The lowest BCUT2D eigenvalue weighted by Crippen LogP contribution is -2.41. The molecule has 3 aromatic rings. The number of ether oxygens (including phenoxy) is 1. The zero-order valence-electron chi connectivity index (χ0n) is 18.3.